The standard InChI is InChI=1S/2C4H9.CHO2.Sb/c2*1-3-4-2;2-1-3;/h2*1,3-4H2,2H3;(H,2,3);. The summed E-state index contributed by atoms with van der Waals surface area (Å²) in [7, 11) is 0. The van der Waals surface area contributed by atoms with Crippen LogP contribution in [0.15, 0.2) is 0 Å². The number of unbranched alkanes of at least 4 members (excludes halogenated alkanes) is 2. The molecule has 0 fully saturated rings. The van der Waals surface area contributed by atoms with Gasteiger partial charge in [0.25, 0.3) is 0 Å². The van der Waals surface area contributed by atoms with E-state index < -0.39 is 24.1 Å². The Balaban J connectivity index is 3.62. The molecule has 0 aromatic carbocycles. The molecule has 3 heteroatoms. The molecule has 1 N–H and O–H groups in total. The zero-order chi connectivity index (χ0) is 9.40. The third kappa shape index (κ3) is 5.88. The van der Waals surface area contributed by atoms with Gasteiger partial charge in [0.05, 0.1) is 0 Å². The van der Waals surface area contributed by atoms with Crippen molar-refractivity contribution in [2.75, 3.05) is 0 Å². The predicted octanol–water partition coefficient (Wildman–Crippen LogP) is 3.34. The average molecular weight is 281 g/mol. The number of carbonyl (C=O) groups is 1. The molecule has 0 saturated heterocycles. The fourth-order valence-electron chi connectivity index (χ4n) is 1.00. The van der Waals surface area contributed by atoms with Crippen LogP contribution < -0.4 is 0 Å². The van der Waals surface area contributed by atoms with Crippen LogP contribution >= 0.6 is 0 Å². The van der Waals surface area contributed by atoms with Gasteiger partial charge in [-0.2, -0.15) is 0 Å². The summed E-state index contributed by atoms with van der Waals surface area (Å²) in [5.74, 6) is 0. The van der Waals surface area contributed by atoms with Gasteiger partial charge in [-0.25, -0.2) is 0 Å². The summed E-state index contributed by atoms with van der Waals surface area (Å²) in [4.78, 5) is 10.8. The fourth-order valence-corrected chi connectivity index (χ4v) is 6.72. The summed E-state index contributed by atoms with van der Waals surface area (Å²) in [5, 5.41) is 8.91. The van der Waals surface area contributed by atoms with Crippen molar-refractivity contribution in [3.05, 3.63) is 0 Å². The second kappa shape index (κ2) is 7.91. The molecule has 0 heterocycles. The van der Waals surface area contributed by atoms with Crippen LogP contribution in [0.3, 0.4) is 0 Å². The number of rotatable bonds is 7. The Labute approximate surface area is 82.3 Å². The third-order valence-corrected chi connectivity index (χ3v) is 8.26. The molecular weight excluding hydrogens is 262 g/mol. The Morgan fingerprint density at radius 3 is 1.83 bits per heavy atom. The SMILES string of the molecule is CCC[CH2][Sb]([CH2]CCC)[C](=O)O. The van der Waals surface area contributed by atoms with Gasteiger partial charge in [-0.1, -0.05) is 0 Å². The maximum atomic E-state index is 10.8. The molecule has 12 heavy (non-hydrogen) atoms. The Bertz CT molecular complexity index is 118. The van der Waals surface area contributed by atoms with Crippen LogP contribution in [0.1, 0.15) is 39.5 Å². The van der Waals surface area contributed by atoms with Crippen molar-refractivity contribution >= 4 is 24.1 Å². The summed E-state index contributed by atoms with van der Waals surface area (Å²) in [6.07, 6.45) is 4.53. The molecule has 72 valence electrons. The molecule has 2 nitrogen and oxygen atoms in total. The summed E-state index contributed by atoms with van der Waals surface area (Å²) in [6, 6.07) is 0. The molecule has 0 unspecified atom stereocenters. The molecule has 0 aliphatic heterocycles. The molecule has 0 aliphatic carbocycles. The van der Waals surface area contributed by atoms with E-state index in [1.165, 1.54) is 0 Å². The van der Waals surface area contributed by atoms with Gasteiger partial charge in [0, 0.05) is 0 Å². The van der Waals surface area contributed by atoms with Crippen molar-refractivity contribution in [3.8, 4) is 0 Å². The van der Waals surface area contributed by atoms with E-state index in [2.05, 4.69) is 13.8 Å². The first kappa shape index (κ1) is 12.3. The molecule has 0 saturated carbocycles. The van der Waals surface area contributed by atoms with Crippen LogP contribution in [-0.2, 0) is 0 Å². The number of hydrogen-bond donors (Lipinski definition) is 1. The molecule has 0 bridgehead atoms. The van der Waals surface area contributed by atoms with Crippen LogP contribution in [0, 0.1) is 0 Å². The summed E-state index contributed by atoms with van der Waals surface area (Å²) >= 11 is -1.85. The molecule has 0 radical (unpaired) electrons. The van der Waals surface area contributed by atoms with Crippen molar-refractivity contribution in [3.63, 3.8) is 0 Å². The zero-order valence-electron chi connectivity index (χ0n) is 8.05. The number of hydrogen-bond acceptors (Lipinski definition) is 1. The first-order valence-electron chi connectivity index (χ1n) is 4.70. The summed E-state index contributed by atoms with van der Waals surface area (Å²) in [5.41, 5.74) is 0. The van der Waals surface area contributed by atoms with E-state index in [1.807, 2.05) is 0 Å². The van der Waals surface area contributed by atoms with Crippen molar-refractivity contribution in [1.82, 2.24) is 0 Å². The molecule has 0 aromatic heterocycles. The Morgan fingerprint density at radius 2 is 1.58 bits per heavy atom. The van der Waals surface area contributed by atoms with Gasteiger partial charge in [-0.15, -0.1) is 0 Å². The second-order valence-electron chi connectivity index (χ2n) is 2.98. The van der Waals surface area contributed by atoms with E-state index in [9.17, 15) is 4.79 Å². The third-order valence-electron chi connectivity index (χ3n) is 1.83. The van der Waals surface area contributed by atoms with E-state index in [4.69, 9.17) is 5.11 Å². The molecule has 0 rings (SSSR count). The van der Waals surface area contributed by atoms with E-state index in [0.29, 0.717) is 0 Å². The van der Waals surface area contributed by atoms with Gasteiger partial charge in [0.2, 0.25) is 0 Å². The Morgan fingerprint density at radius 1 is 1.17 bits per heavy atom. The first-order valence-corrected chi connectivity index (χ1v) is 9.58. The van der Waals surface area contributed by atoms with Crippen LogP contribution in [0.4, 0.5) is 4.79 Å². The topological polar surface area (TPSA) is 37.3 Å². The Hall–Kier alpha value is 0.288. The van der Waals surface area contributed by atoms with E-state index in [-0.39, 0.29) is 0 Å². The Kier molecular flexibility index (Phi) is 8.10. The van der Waals surface area contributed by atoms with Crippen molar-refractivity contribution in [2.24, 2.45) is 0 Å². The minimum atomic E-state index is -1.85. The fraction of sp³-hybridized carbons (Fsp3) is 0.889. The van der Waals surface area contributed by atoms with E-state index in [0.717, 1.165) is 34.4 Å². The van der Waals surface area contributed by atoms with Gasteiger partial charge < -0.3 is 0 Å². The monoisotopic (exact) mass is 280 g/mol. The normalized spacial score (nSPS) is 10.6. The molecule has 0 atom stereocenters. The van der Waals surface area contributed by atoms with Crippen molar-refractivity contribution in [2.45, 2.75) is 48.3 Å². The van der Waals surface area contributed by atoms with Gasteiger partial charge >= 0.3 is 82.3 Å². The van der Waals surface area contributed by atoms with Crippen LogP contribution in [0.25, 0.3) is 0 Å². The summed E-state index contributed by atoms with van der Waals surface area (Å²) in [6.45, 7) is 4.25. The molecule has 0 aliphatic rings. The predicted molar refractivity (Wildman–Crippen MR) is 53.2 cm³/mol. The molecule has 0 amide bonds. The first-order chi connectivity index (χ1) is 5.72. The van der Waals surface area contributed by atoms with Gasteiger partial charge in [0.15, 0.2) is 0 Å². The minimum absolute atomic E-state index is 0.431. The number of carboxylic acid groups (broad SMARTS) is 1. The van der Waals surface area contributed by atoms with Crippen LogP contribution in [-0.4, -0.2) is 29.2 Å². The van der Waals surface area contributed by atoms with Crippen LogP contribution in [0.5, 0.6) is 0 Å². The molecule has 0 spiro atoms. The van der Waals surface area contributed by atoms with Crippen molar-refractivity contribution < 1.29 is 9.90 Å². The quantitative estimate of drug-likeness (QED) is 0.727. The average Bonchev–Trinajstić information content (AvgIpc) is 2.04. The maximum absolute atomic E-state index is 10.8. The van der Waals surface area contributed by atoms with Gasteiger partial charge in [0.1, 0.15) is 0 Å². The van der Waals surface area contributed by atoms with Crippen molar-refractivity contribution in [1.29, 1.82) is 0 Å². The van der Waals surface area contributed by atoms with Crippen LogP contribution in [0.2, 0.25) is 8.73 Å². The van der Waals surface area contributed by atoms with E-state index in [1.54, 1.807) is 0 Å². The van der Waals surface area contributed by atoms with E-state index >= 15 is 0 Å². The zero-order valence-corrected chi connectivity index (χ0v) is 10.6. The van der Waals surface area contributed by atoms with Gasteiger partial charge in [-0.05, 0) is 0 Å². The molecule has 0 aromatic rings. The second-order valence-corrected chi connectivity index (χ2v) is 9.70. The van der Waals surface area contributed by atoms with Gasteiger partial charge in [-0.3, -0.25) is 0 Å². The molecular formula is C9H19O2Sb. The summed E-state index contributed by atoms with van der Waals surface area (Å²) < 4.78 is 1.64.